The van der Waals surface area contributed by atoms with E-state index in [2.05, 4.69) is 17.2 Å². The number of halogens is 2. The number of nitrogens with one attached hydrogen (secondary N) is 3. The third kappa shape index (κ3) is 5.11. The molecule has 0 bridgehead atoms. The number of amides is 2. The number of hydrogen-bond donors (Lipinski definition) is 4. The molecule has 0 radical (unpaired) electrons. The first-order valence-corrected chi connectivity index (χ1v) is 12.9. The topological polar surface area (TPSA) is 130 Å². The van der Waals surface area contributed by atoms with Gasteiger partial charge in [-0.05, 0) is 60.1 Å². The van der Waals surface area contributed by atoms with Crippen molar-refractivity contribution in [3.63, 3.8) is 0 Å². The van der Waals surface area contributed by atoms with Gasteiger partial charge in [0.25, 0.3) is 15.6 Å². The van der Waals surface area contributed by atoms with Crippen LogP contribution in [0.15, 0.2) is 76.5 Å². The second kappa shape index (κ2) is 10.1. The first-order chi connectivity index (χ1) is 17.1. The number of aliphatic hydroxyl groups excluding tert-OH is 1. The van der Waals surface area contributed by atoms with Gasteiger partial charge in [0.15, 0.2) is 0 Å². The zero-order valence-corrected chi connectivity index (χ0v) is 20.7. The standard InChI is InChI=1S/C23H18ClFN4O5S2/c1-2-26-18-10-13-7-8-29(22(31)16(13)11-17(18)25)19-4-3-15(9-14(19)12-30)27-23(32)28-36(33,34)21-6-5-20(24)35-21/h2-11,26,30H,1,12H2,(H2,27,28,32). The van der Waals surface area contributed by atoms with Gasteiger partial charge in [0.2, 0.25) is 0 Å². The molecule has 4 N–H and O–H groups in total. The van der Waals surface area contributed by atoms with Crippen LogP contribution < -0.4 is 20.9 Å². The second-order valence-electron chi connectivity index (χ2n) is 7.38. The number of thiophene rings is 1. The zero-order chi connectivity index (χ0) is 26.0. The number of aliphatic hydroxyl groups is 1. The molecule has 2 amide bonds. The molecule has 36 heavy (non-hydrogen) atoms. The Balaban J connectivity index is 1.62. The molecule has 0 saturated carbocycles. The van der Waals surface area contributed by atoms with Crippen LogP contribution in [0.5, 0.6) is 0 Å². The molecular formula is C23H18ClFN4O5S2. The fourth-order valence-electron chi connectivity index (χ4n) is 3.47. The molecule has 4 rings (SSSR count). The number of pyridine rings is 1. The van der Waals surface area contributed by atoms with Crippen LogP contribution >= 0.6 is 22.9 Å². The average molecular weight is 549 g/mol. The van der Waals surface area contributed by atoms with Crippen LogP contribution in [0.25, 0.3) is 16.5 Å². The van der Waals surface area contributed by atoms with E-state index in [0.717, 1.165) is 17.4 Å². The van der Waals surface area contributed by atoms with E-state index in [1.807, 2.05) is 4.72 Å². The molecule has 9 nitrogen and oxygen atoms in total. The van der Waals surface area contributed by atoms with Crippen molar-refractivity contribution in [2.45, 2.75) is 10.8 Å². The molecule has 0 aliphatic carbocycles. The van der Waals surface area contributed by atoms with E-state index in [-0.39, 0.29) is 30.9 Å². The van der Waals surface area contributed by atoms with Crippen molar-refractivity contribution in [3.8, 4) is 5.69 Å². The summed E-state index contributed by atoms with van der Waals surface area (Å²) in [5.41, 5.74) is 0.367. The van der Waals surface area contributed by atoms with Crippen molar-refractivity contribution in [2.75, 3.05) is 10.6 Å². The molecule has 0 spiro atoms. The van der Waals surface area contributed by atoms with Gasteiger partial charge >= 0.3 is 6.03 Å². The minimum Gasteiger partial charge on any atom is -0.392 e. The lowest BCUT2D eigenvalue weighted by Crippen LogP contribution is -2.34. The molecule has 0 atom stereocenters. The number of urea groups is 1. The summed E-state index contributed by atoms with van der Waals surface area (Å²) in [7, 11) is -4.13. The number of nitrogens with zero attached hydrogens (tertiary/aromatic N) is 1. The SMILES string of the molecule is C=CNc1cc2ccn(-c3ccc(NC(=O)NS(=O)(=O)c4ccc(Cl)s4)cc3CO)c(=O)c2cc1F. The number of sulfonamides is 1. The Hall–Kier alpha value is -3.71. The van der Waals surface area contributed by atoms with E-state index >= 15 is 0 Å². The molecule has 2 aromatic carbocycles. The van der Waals surface area contributed by atoms with Gasteiger partial charge in [-0.25, -0.2) is 22.3 Å². The third-order valence-electron chi connectivity index (χ3n) is 5.06. The van der Waals surface area contributed by atoms with Crippen molar-refractivity contribution in [3.05, 3.63) is 93.6 Å². The highest BCUT2D eigenvalue weighted by Crippen LogP contribution is 2.26. The van der Waals surface area contributed by atoms with Crippen molar-refractivity contribution >= 4 is 61.1 Å². The van der Waals surface area contributed by atoms with E-state index < -0.39 is 34.0 Å². The number of carbonyl (C=O) groups is 1. The minimum atomic E-state index is -4.13. The van der Waals surface area contributed by atoms with Gasteiger partial charge in [0.05, 0.1) is 27.7 Å². The highest BCUT2D eigenvalue weighted by atomic mass is 35.5. The summed E-state index contributed by atoms with van der Waals surface area (Å²) in [6.07, 6.45) is 2.80. The second-order valence-corrected chi connectivity index (χ2v) is 11.0. The molecule has 13 heteroatoms. The summed E-state index contributed by atoms with van der Waals surface area (Å²) in [6, 6.07) is 10.1. The van der Waals surface area contributed by atoms with Gasteiger partial charge < -0.3 is 15.7 Å². The molecule has 0 aliphatic rings. The Labute approximate surface area is 213 Å². The Morgan fingerprint density at radius 1 is 1.19 bits per heavy atom. The van der Waals surface area contributed by atoms with Crippen LogP contribution in [0.3, 0.4) is 0 Å². The highest BCUT2D eigenvalue weighted by molar-refractivity contribution is 7.92. The average Bonchev–Trinajstić information content (AvgIpc) is 3.28. The lowest BCUT2D eigenvalue weighted by molar-refractivity contribution is 0.256. The van der Waals surface area contributed by atoms with Crippen molar-refractivity contribution < 1.29 is 22.7 Å². The van der Waals surface area contributed by atoms with Gasteiger partial charge in [0.1, 0.15) is 10.0 Å². The van der Waals surface area contributed by atoms with Crippen LogP contribution in [-0.4, -0.2) is 24.1 Å². The highest BCUT2D eigenvalue weighted by Gasteiger charge is 2.20. The lowest BCUT2D eigenvalue weighted by Gasteiger charge is -2.14. The summed E-state index contributed by atoms with van der Waals surface area (Å²) in [5.74, 6) is -0.634. The Morgan fingerprint density at radius 3 is 2.64 bits per heavy atom. The molecular weight excluding hydrogens is 531 g/mol. The molecule has 2 aromatic heterocycles. The fourth-order valence-corrected chi connectivity index (χ4v) is 5.86. The maximum Gasteiger partial charge on any atom is 0.333 e. The van der Waals surface area contributed by atoms with Crippen molar-refractivity contribution in [1.82, 2.24) is 9.29 Å². The van der Waals surface area contributed by atoms with Gasteiger partial charge in [-0.3, -0.25) is 9.36 Å². The summed E-state index contributed by atoms with van der Waals surface area (Å²) >= 11 is 6.55. The molecule has 186 valence electrons. The maximum atomic E-state index is 14.4. The van der Waals surface area contributed by atoms with Crippen LogP contribution in [0.2, 0.25) is 4.34 Å². The summed E-state index contributed by atoms with van der Waals surface area (Å²) < 4.78 is 42.2. The van der Waals surface area contributed by atoms with Crippen LogP contribution in [0.1, 0.15) is 5.56 Å². The molecule has 0 fully saturated rings. The fraction of sp³-hybridized carbons (Fsp3) is 0.0435. The van der Waals surface area contributed by atoms with Crippen LogP contribution in [0, 0.1) is 5.82 Å². The maximum absolute atomic E-state index is 14.4. The predicted octanol–water partition coefficient (Wildman–Crippen LogP) is 4.40. The summed E-state index contributed by atoms with van der Waals surface area (Å²) in [4.78, 5) is 25.4. The lowest BCUT2D eigenvalue weighted by atomic mass is 10.1. The number of anilines is 2. The Kier molecular flexibility index (Phi) is 7.13. The molecule has 0 aliphatic heterocycles. The number of hydrogen-bond acceptors (Lipinski definition) is 7. The van der Waals surface area contributed by atoms with Crippen molar-refractivity contribution in [1.29, 1.82) is 0 Å². The normalized spacial score (nSPS) is 11.3. The third-order valence-corrected chi connectivity index (χ3v) is 8.11. The van der Waals surface area contributed by atoms with Gasteiger partial charge in [-0.15, -0.1) is 11.3 Å². The number of benzene rings is 2. The van der Waals surface area contributed by atoms with Crippen LogP contribution in [-0.2, 0) is 16.6 Å². The van der Waals surface area contributed by atoms with Gasteiger partial charge in [-0.2, -0.15) is 0 Å². The van der Waals surface area contributed by atoms with Crippen LogP contribution in [0.4, 0.5) is 20.6 Å². The van der Waals surface area contributed by atoms with E-state index in [1.165, 1.54) is 53.4 Å². The molecule has 0 saturated heterocycles. The molecule has 4 aromatic rings. The quantitative estimate of drug-likeness (QED) is 0.271. The number of rotatable bonds is 7. The number of carbonyl (C=O) groups excluding carboxylic acids is 1. The monoisotopic (exact) mass is 548 g/mol. The Morgan fingerprint density at radius 2 is 1.97 bits per heavy atom. The van der Waals surface area contributed by atoms with Gasteiger partial charge in [-0.1, -0.05) is 18.2 Å². The van der Waals surface area contributed by atoms with E-state index in [0.29, 0.717) is 11.1 Å². The Bertz CT molecular complexity index is 1670. The van der Waals surface area contributed by atoms with Gasteiger partial charge in [0, 0.05) is 17.4 Å². The van der Waals surface area contributed by atoms with E-state index in [1.54, 1.807) is 6.07 Å². The number of aromatic nitrogens is 1. The smallest absolute Gasteiger partial charge is 0.333 e. The van der Waals surface area contributed by atoms with E-state index in [4.69, 9.17) is 11.6 Å². The summed E-state index contributed by atoms with van der Waals surface area (Å²) in [5, 5.41) is 15.5. The zero-order valence-electron chi connectivity index (χ0n) is 18.3. The first kappa shape index (κ1) is 25.4. The summed E-state index contributed by atoms with van der Waals surface area (Å²) in [6.45, 7) is 2.99. The predicted molar refractivity (Wildman–Crippen MR) is 138 cm³/mol. The molecule has 2 heterocycles. The minimum absolute atomic E-state index is 0.119. The largest absolute Gasteiger partial charge is 0.392 e. The first-order valence-electron chi connectivity index (χ1n) is 10.2. The van der Waals surface area contributed by atoms with E-state index in [9.17, 15) is 27.5 Å². The van der Waals surface area contributed by atoms with Crippen molar-refractivity contribution in [2.24, 2.45) is 0 Å². The number of fused-ring (bicyclic) bond motifs is 1. The molecule has 0 unspecified atom stereocenters.